The summed E-state index contributed by atoms with van der Waals surface area (Å²) in [5.74, 6) is 0.139. The first-order chi connectivity index (χ1) is 14.0. The Morgan fingerprint density at radius 1 is 1.24 bits per heavy atom. The number of piperazine rings is 1. The van der Waals surface area contributed by atoms with E-state index in [2.05, 4.69) is 15.1 Å². The van der Waals surface area contributed by atoms with Crippen LogP contribution in [-0.4, -0.2) is 66.7 Å². The highest BCUT2D eigenvalue weighted by Crippen LogP contribution is 2.35. The summed E-state index contributed by atoms with van der Waals surface area (Å²) in [4.78, 5) is 31.3. The van der Waals surface area contributed by atoms with E-state index in [1.165, 1.54) is 0 Å². The minimum atomic E-state index is -0.360. The summed E-state index contributed by atoms with van der Waals surface area (Å²) in [7, 11) is 1.55. The number of carbonyl (C=O) groups is 2. The Labute approximate surface area is 178 Å². The van der Waals surface area contributed by atoms with Crippen molar-refractivity contribution in [3.05, 3.63) is 28.2 Å². The predicted molar refractivity (Wildman–Crippen MR) is 112 cm³/mol. The van der Waals surface area contributed by atoms with Gasteiger partial charge < -0.3 is 19.4 Å². The summed E-state index contributed by atoms with van der Waals surface area (Å²) in [6, 6.07) is 5.15. The fourth-order valence-electron chi connectivity index (χ4n) is 3.77. The van der Waals surface area contributed by atoms with E-state index in [0.29, 0.717) is 49.2 Å². The Morgan fingerprint density at radius 3 is 2.66 bits per heavy atom. The predicted octanol–water partition coefficient (Wildman–Crippen LogP) is 2.21. The average molecular weight is 436 g/mol. The van der Waals surface area contributed by atoms with Crippen molar-refractivity contribution in [2.45, 2.75) is 13.3 Å². The number of carbonyl (C=O) groups excluding carboxylic acids is 2. The van der Waals surface area contributed by atoms with E-state index in [1.807, 2.05) is 11.8 Å². The molecule has 2 aromatic rings. The van der Waals surface area contributed by atoms with Crippen molar-refractivity contribution in [1.82, 2.24) is 15.1 Å². The van der Waals surface area contributed by atoms with Crippen LogP contribution in [0.2, 0.25) is 5.02 Å². The summed E-state index contributed by atoms with van der Waals surface area (Å²) < 4.78 is 5.37. The molecule has 3 heterocycles. The van der Waals surface area contributed by atoms with Crippen LogP contribution in [0.15, 0.2) is 18.2 Å². The first-order valence-corrected chi connectivity index (χ1v) is 10.6. The van der Waals surface area contributed by atoms with Crippen LogP contribution in [0.4, 0.5) is 10.8 Å². The molecule has 2 aliphatic heterocycles. The zero-order valence-electron chi connectivity index (χ0n) is 16.3. The summed E-state index contributed by atoms with van der Waals surface area (Å²) >= 11 is 7.66. The Morgan fingerprint density at radius 2 is 2.00 bits per heavy atom. The van der Waals surface area contributed by atoms with Crippen LogP contribution in [0, 0.1) is 12.8 Å². The molecule has 1 aromatic carbocycles. The number of benzene rings is 1. The summed E-state index contributed by atoms with van der Waals surface area (Å²) in [5, 5.41) is 10.6. The molecule has 2 aliphatic rings. The van der Waals surface area contributed by atoms with E-state index in [4.69, 9.17) is 16.3 Å². The van der Waals surface area contributed by atoms with E-state index < -0.39 is 0 Å². The van der Waals surface area contributed by atoms with Crippen LogP contribution < -0.4 is 14.5 Å². The number of methoxy groups -OCH3 is 1. The fraction of sp³-hybridized carbons (Fsp3) is 0.474. The molecule has 4 rings (SSSR count). The maximum absolute atomic E-state index is 13.0. The van der Waals surface area contributed by atoms with Crippen LogP contribution in [0.5, 0.6) is 5.75 Å². The largest absolute Gasteiger partial charge is 0.495 e. The molecule has 2 saturated heterocycles. The molecule has 2 fully saturated rings. The van der Waals surface area contributed by atoms with E-state index in [1.54, 1.807) is 41.5 Å². The second-order valence-electron chi connectivity index (χ2n) is 7.14. The van der Waals surface area contributed by atoms with E-state index in [-0.39, 0.29) is 24.2 Å². The van der Waals surface area contributed by atoms with E-state index >= 15 is 0 Å². The molecule has 8 nitrogen and oxygen atoms in total. The number of ether oxygens (including phenoxy) is 1. The molecule has 0 saturated carbocycles. The van der Waals surface area contributed by atoms with Gasteiger partial charge in [-0.1, -0.05) is 22.9 Å². The molecule has 1 atom stereocenters. The van der Waals surface area contributed by atoms with Gasteiger partial charge in [0.15, 0.2) is 0 Å². The van der Waals surface area contributed by atoms with Crippen LogP contribution in [-0.2, 0) is 9.59 Å². The Kier molecular flexibility index (Phi) is 5.60. The maximum atomic E-state index is 13.0. The van der Waals surface area contributed by atoms with Gasteiger partial charge in [-0.2, -0.15) is 0 Å². The fourth-order valence-corrected chi connectivity index (χ4v) is 4.68. The SMILES string of the molecule is COc1ccc(Cl)cc1N1CC(C(=O)N2CCN(c3nnc(C)s3)CC2)CC1=O. The summed E-state index contributed by atoms with van der Waals surface area (Å²) in [5.41, 5.74) is 0.608. The van der Waals surface area contributed by atoms with Crippen molar-refractivity contribution in [3.8, 4) is 5.75 Å². The van der Waals surface area contributed by atoms with Crippen LogP contribution in [0.3, 0.4) is 0 Å². The number of hydrogen-bond donors (Lipinski definition) is 0. The maximum Gasteiger partial charge on any atom is 0.228 e. The van der Waals surface area contributed by atoms with Gasteiger partial charge in [-0.15, -0.1) is 10.2 Å². The Hall–Kier alpha value is -2.39. The van der Waals surface area contributed by atoms with Gasteiger partial charge in [0.05, 0.1) is 18.7 Å². The van der Waals surface area contributed by atoms with Crippen molar-refractivity contribution in [1.29, 1.82) is 0 Å². The van der Waals surface area contributed by atoms with Gasteiger partial charge in [-0.25, -0.2) is 0 Å². The Bertz CT molecular complexity index is 928. The molecular formula is C19H22ClN5O3S. The van der Waals surface area contributed by atoms with Crippen molar-refractivity contribution in [3.63, 3.8) is 0 Å². The molecular weight excluding hydrogens is 414 g/mol. The first kappa shape index (κ1) is 19.9. The van der Waals surface area contributed by atoms with Crippen molar-refractivity contribution in [2.75, 3.05) is 49.6 Å². The van der Waals surface area contributed by atoms with Gasteiger partial charge in [-0.05, 0) is 25.1 Å². The van der Waals surface area contributed by atoms with Gasteiger partial charge in [0.1, 0.15) is 10.8 Å². The quantitative estimate of drug-likeness (QED) is 0.732. The lowest BCUT2D eigenvalue weighted by molar-refractivity contribution is -0.136. The lowest BCUT2D eigenvalue weighted by atomic mass is 10.1. The molecule has 0 radical (unpaired) electrons. The lowest BCUT2D eigenvalue weighted by Gasteiger charge is -2.35. The number of anilines is 2. The zero-order valence-corrected chi connectivity index (χ0v) is 17.9. The third kappa shape index (κ3) is 4.02. The average Bonchev–Trinajstić information content (AvgIpc) is 3.33. The number of nitrogens with zero attached hydrogens (tertiary/aromatic N) is 5. The molecule has 1 aromatic heterocycles. The van der Waals surface area contributed by atoms with Crippen LogP contribution >= 0.6 is 22.9 Å². The highest BCUT2D eigenvalue weighted by Gasteiger charge is 2.39. The number of hydrogen-bond acceptors (Lipinski definition) is 7. The molecule has 10 heteroatoms. The number of rotatable bonds is 4. The highest BCUT2D eigenvalue weighted by molar-refractivity contribution is 7.15. The lowest BCUT2D eigenvalue weighted by Crippen LogP contribution is -2.50. The number of halogens is 1. The summed E-state index contributed by atoms with van der Waals surface area (Å²) in [6.45, 7) is 4.92. The standard InChI is InChI=1S/C19H22ClN5O3S/c1-12-21-22-19(29-12)24-7-5-23(6-8-24)18(27)13-9-17(26)25(11-13)15-10-14(20)3-4-16(15)28-2/h3-4,10,13H,5-9,11H2,1-2H3. The molecule has 0 spiro atoms. The van der Waals surface area contributed by atoms with Crippen LogP contribution in [0.25, 0.3) is 0 Å². The van der Waals surface area contributed by atoms with Crippen molar-refractivity contribution < 1.29 is 14.3 Å². The molecule has 154 valence electrons. The van der Waals surface area contributed by atoms with Gasteiger partial charge in [0, 0.05) is 44.2 Å². The van der Waals surface area contributed by atoms with E-state index in [0.717, 1.165) is 10.1 Å². The van der Waals surface area contributed by atoms with Crippen molar-refractivity contribution >= 4 is 45.6 Å². The topological polar surface area (TPSA) is 78.9 Å². The molecule has 29 heavy (non-hydrogen) atoms. The number of amides is 2. The second kappa shape index (κ2) is 8.16. The van der Waals surface area contributed by atoms with Crippen LogP contribution in [0.1, 0.15) is 11.4 Å². The van der Waals surface area contributed by atoms with E-state index in [9.17, 15) is 9.59 Å². The minimum Gasteiger partial charge on any atom is -0.495 e. The summed E-state index contributed by atoms with van der Waals surface area (Å²) in [6.07, 6.45) is 0.199. The third-order valence-electron chi connectivity index (χ3n) is 5.28. The molecule has 1 unspecified atom stereocenters. The molecule has 0 aliphatic carbocycles. The smallest absolute Gasteiger partial charge is 0.228 e. The van der Waals surface area contributed by atoms with Gasteiger partial charge in [0.25, 0.3) is 0 Å². The Balaban J connectivity index is 1.41. The highest BCUT2D eigenvalue weighted by atomic mass is 35.5. The van der Waals surface area contributed by atoms with Gasteiger partial charge in [0.2, 0.25) is 16.9 Å². The first-order valence-electron chi connectivity index (χ1n) is 9.44. The van der Waals surface area contributed by atoms with Gasteiger partial charge >= 0.3 is 0 Å². The van der Waals surface area contributed by atoms with Gasteiger partial charge in [-0.3, -0.25) is 9.59 Å². The second-order valence-corrected chi connectivity index (χ2v) is 8.73. The minimum absolute atomic E-state index is 0.0231. The molecule has 2 amide bonds. The zero-order chi connectivity index (χ0) is 20.5. The molecule has 0 bridgehead atoms. The number of aryl methyl sites for hydroxylation is 1. The van der Waals surface area contributed by atoms with Crippen molar-refractivity contribution in [2.24, 2.45) is 5.92 Å². The normalized spacial score (nSPS) is 19.8. The molecule has 0 N–H and O–H groups in total. The third-order valence-corrected chi connectivity index (χ3v) is 6.42. The number of aromatic nitrogens is 2. The monoisotopic (exact) mass is 435 g/mol.